The molecule has 0 spiro atoms. The lowest BCUT2D eigenvalue weighted by Gasteiger charge is -1.92. The number of nitrogens with two attached hydrogens (primary N) is 2. The van der Waals surface area contributed by atoms with E-state index in [-0.39, 0.29) is 5.96 Å². The van der Waals surface area contributed by atoms with Gasteiger partial charge in [0.2, 0.25) is 0 Å². The summed E-state index contributed by atoms with van der Waals surface area (Å²) in [5.41, 5.74) is 10.2. The quantitative estimate of drug-likeness (QED) is 0.223. The van der Waals surface area contributed by atoms with E-state index in [9.17, 15) is 0 Å². The highest BCUT2D eigenvalue weighted by Gasteiger charge is 1.84. The van der Waals surface area contributed by atoms with Crippen molar-refractivity contribution < 1.29 is 17.5 Å². The van der Waals surface area contributed by atoms with Crippen molar-refractivity contribution in [3.63, 3.8) is 0 Å². The summed E-state index contributed by atoms with van der Waals surface area (Å²) in [5.74, 6) is 2.32. The van der Waals surface area contributed by atoms with Crippen molar-refractivity contribution in [3.8, 4) is 0 Å². The van der Waals surface area contributed by atoms with E-state index in [1.165, 1.54) is 0 Å². The molecule has 86 valence electrons. The Morgan fingerprint density at radius 1 is 1.43 bits per heavy atom. The van der Waals surface area contributed by atoms with Gasteiger partial charge in [0.15, 0.2) is 5.96 Å². The molecule has 7 nitrogen and oxygen atoms in total. The summed E-state index contributed by atoms with van der Waals surface area (Å²) in [6.45, 7) is 2.85. The molecule has 0 aromatic carbocycles. The molecular weight excluding hydrogens is 230 g/mol. The Labute approximate surface area is 87.5 Å². The summed E-state index contributed by atoms with van der Waals surface area (Å²) >= 11 is 1.83. The Hall–Kier alpha value is -0.510. The van der Waals surface area contributed by atoms with Gasteiger partial charge in [-0.05, 0) is 5.75 Å². The monoisotopic (exact) mass is 245 g/mol. The average Bonchev–Trinajstić information content (AvgIpc) is 1.94. The normalized spacial score (nSPS) is 9.93. The zero-order valence-electron chi connectivity index (χ0n) is 7.75. The van der Waals surface area contributed by atoms with Crippen LogP contribution in [0.3, 0.4) is 0 Å². The molecule has 0 bridgehead atoms. The second-order valence-electron chi connectivity index (χ2n) is 1.95. The van der Waals surface area contributed by atoms with Crippen LogP contribution in [0.4, 0.5) is 0 Å². The molecule has 0 radical (unpaired) electrons. The van der Waals surface area contributed by atoms with Crippen LogP contribution in [0.2, 0.25) is 0 Å². The minimum atomic E-state index is -4.67. The van der Waals surface area contributed by atoms with Crippen molar-refractivity contribution in [1.29, 1.82) is 0 Å². The Kier molecular flexibility index (Phi) is 10.3. The maximum absolute atomic E-state index is 8.74. The van der Waals surface area contributed by atoms with Gasteiger partial charge in [-0.15, -0.1) is 0 Å². The summed E-state index contributed by atoms with van der Waals surface area (Å²) in [4.78, 5) is 3.81. The van der Waals surface area contributed by atoms with Crippen LogP contribution in [0.5, 0.6) is 0 Å². The minimum absolute atomic E-state index is 0.187. The smallest absolute Gasteiger partial charge is 0.370 e. The molecule has 0 aliphatic heterocycles. The van der Waals surface area contributed by atoms with Crippen molar-refractivity contribution in [1.82, 2.24) is 0 Å². The average molecular weight is 245 g/mol. The topological polar surface area (TPSA) is 139 Å². The second-order valence-corrected chi connectivity index (χ2v) is 4.24. The lowest BCUT2D eigenvalue weighted by Crippen LogP contribution is -2.23. The highest BCUT2D eigenvalue weighted by molar-refractivity contribution is 7.99. The number of hydrogen-bond donors (Lipinski definition) is 4. The lowest BCUT2D eigenvalue weighted by atomic mass is 10.8. The molecule has 14 heavy (non-hydrogen) atoms. The zero-order valence-corrected chi connectivity index (χ0v) is 9.38. The standard InChI is InChI=1S/C5H13N3S.H2O4S/c1-2-9-4-3-8-5(6)7;1-5(2,3)4/h2-4H2,1H3,(H4,6,7,8);(H2,1,2,3,4). The number of guanidine groups is 1. The third-order valence-corrected chi connectivity index (χ3v) is 1.61. The third-order valence-electron chi connectivity index (χ3n) is 0.734. The van der Waals surface area contributed by atoms with Gasteiger partial charge in [0.1, 0.15) is 0 Å². The number of rotatable bonds is 4. The van der Waals surface area contributed by atoms with Crippen LogP contribution in [0.25, 0.3) is 0 Å². The number of nitrogens with zero attached hydrogens (tertiary/aromatic N) is 1. The maximum atomic E-state index is 8.74. The summed E-state index contributed by atoms with van der Waals surface area (Å²) in [6, 6.07) is 0. The van der Waals surface area contributed by atoms with Gasteiger partial charge in [-0.1, -0.05) is 6.92 Å². The van der Waals surface area contributed by atoms with Gasteiger partial charge in [0.05, 0.1) is 6.54 Å². The van der Waals surface area contributed by atoms with Crippen LogP contribution in [-0.4, -0.2) is 41.5 Å². The molecule has 0 atom stereocenters. The van der Waals surface area contributed by atoms with Gasteiger partial charge in [0.25, 0.3) is 0 Å². The van der Waals surface area contributed by atoms with Gasteiger partial charge in [-0.2, -0.15) is 20.2 Å². The van der Waals surface area contributed by atoms with Crippen molar-refractivity contribution in [3.05, 3.63) is 0 Å². The molecule has 0 aliphatic rings. The van der Waals surface area contributed by atoms with Gasteiger partial charge in [-0.25, -0.2) is 0 Å². The summed E-state index contributed by atoms with van der Waals surface area (Å²) in [7, 11) is -4.67. The second kappa shape index (κ2) is 9.06. The summed E-state index contributed by atoms with van der Waals surface area (Å²) in [6.07, 6.45) is 0. The molecule has 0 rings (SSSR count). The van der Waals surface area contributed by atoms with E-state index < -0.39 is 10.4 Å². The molecule has 0 saturated heterocycles. The Morgan fingerprint density at radius 2 is 1.86 bits per heavy atom. The Balaban J connectivity index is 0. The molecule has 0 saturated carbocycles. The van der Waals surface area contributed by atoms with Gasteiger partial charge >= 0.3 is 10.4 Å². The SMILES string of the molecule is CCSCCN=C(N)N.O=S(=O)(O)O. The fraction of sp³-hybridized carbons (Fsp3) is 0.800. The largest absolute Gasteiger partial charge is 0.394 e. The maximum Gasteiger partial charge on any atom is 0.394 e. The molecule has 0 aliphatic carbocycles. The number of aliphatic imine (C=N–C) groups is 1. The van der Waals surface area contributed by atoms with Gasteiger partial charge in [0, 0.05) is 5.75 Å². The van der Waals surface area contributed by atoms with E-state index in [0.29, 0.717) is 0 Å². The van der Waals surface area contributed by atoms with Crippen LogP contribution in [-0.2, 0) is 10.4 Å². The molecule has 0 amide bonds. The molecule has 0 fully saturated rings. The van der Waals surface area contributed by atoms with E-state index >= 15 is 0 Å². The van der Waals surface area contributed by atoms with Crippen molar-refractivity contribution >= 4 is 28.1 Å². The first-order chi connectivity index (χ1) is 6.27. The molecule has 0 heterocycles. The Morgan fingerprint density at radius 3 is 2.14 bits per heavy atom. The zero-order chi connectivity index (χ0) is 11.6. The molecular formula is C5H15N3O4S2. The summed E-state index contributed by atoms with van der Waals surface area (Å²) in [5, 5.41) is 0. The van der Waals surface area contributed by atoms with Gasteiger partial charge in [-0.3, -0.25) is 14.1 Å². The highest BCUT2D eigenvalue weighted by atomic mass is 32.3. The predicted octanol–water partition coefficient (Wildman–Crippen LogP) is -0.640. The Bertz CT molecular complexity index is 240. The van der Waals surface area contributed by atoms with E-state index in [1.54, 1.807) is 0 Å². The molecule has 0 aromatic rings. The van der Waals surface area contributed by atoms with E-state index in [4.69, 9.17) is 29.0 Å². The first kappa shape index (κ1) is 15.9. The lowest BCUT2D eigenvalue weighted by molar-refractivity contribution is 0.381. The van der Waals surface area contributed by atoms with Crippen LogP contribution in [0.1, 0.15) is 6.92 Å². The fourth-order valence-corrected chi connectivity index (χ4v) is 0.893. The van der Waals surface area contributed by atoms with Crippen LogP contribution < -0.4 is 11.5 Å². The van der Waals surface area contributed by atoms with Crippen LogP contribution in [0.15, 0.2) is 4.99 Å². The molecule has 9 heteroatoms. The van der Waals surface area contributed by atoms with Gasteiger partial charge < -0.3 is 11.5 Å². The number of thioether (sulfide) groups is 1. The first-order valence-corrected chi connectivity index (χ1v) is 6.15. The molecule has 0 aromatic heterocycles. The summed E-state index contributed by atoms with van der Waals surface area (Å²) < 4.78 is 31.6. The van der Waals surface area contributed by atoms with E-state index in [1.807, 2.05) is 11.8 Å². The fourth-order valence-electron chi connectivity index (χ4n) is 0.384. The van der Waals surface area contributed by atoms with Crippen LogP contribution >= 0.6 is 11.8 Å². The van der Waals surface area contributed by atoms with Crippen molar-refractivity contribution in [2.45, 2.75) is 6.92 Å². The van der Waals surface area contributed by atoms with E-state index in [0.717, 1.165) is 18.1 Å². The molecule has 0 unspecified atom stereocenters. The van der Waals surface area contributed by atoms with Crippen LogP contribution in [0, 0.1) is 0 Å². The van der Waals surface area contributed by atoms with Crippen molar-refractivity contribution in [2.75, 3.05) is 18.1 Å². The highest BCUT2D eigenvalue weighted by Crippen LogP contribution is 1.95. The van der Waals surface area contributed by atoms with E-state index in [2.05, 4.69) is 11.9 Å². The number of hydrogen-bond acceptors (Lipinski definition) is 4. The predicted molar refractivity (Wildman–Crippen MR) is 57.9 cm³/mol. The molecule has 6 N–H and O–H groups in total. The van der Waals surface area contributed by atoms with Crippen molar-refractivity contribution in [2.24, 2.45) is 16.5 Å². The first-order valence-electron chi connectivity index (χ1n) is 3.60. The third kappa shape index (κ3) is 41.9. The minimum Gasteiger partial charge on any atom is -0.370 e.